The summed E-state index contributed by atoms with van der Waals surface area (Å²) in [5, 5.41) is 3.02. The van der Waals surface area contributed by atoms with E-state index in [9.17, 15) is 14.4 Å². The number of aryl methyl sites for hydroxylation is 2. The monoisotopic (exact) mass is 363 g/mol. The van der Waals surface area contributed by atoms with Crippen LogP contribution in [0.3, 0.4) is 0 Å². The highest BCUT2D eigenvalue weighted by molar-refractivity contribution is 5.76. The lowest BCUT2D eigenvalue weighted by molar-refractivity contribution is -0.121. The Morgan fingerprint density at radius 1 is 1.19 bits per heavy atom. The Bertz CT molecular complexity index is 877. The summed E-state index contributed by atoms with van der Waals surface area (Å²) >= 11 is 0. The number of hydrogen-bond donors (Lipinski definition) is 1. The van der Waals surface area contributed by atoms with E-state index in [1.807, 2.05) is 6.92 Å². The molecule has 1 unspecified atom stereocenters. The number of hydrogen-bond acceptors (Lipinski definition) is 4. The molecule has 0 fully saturated rings. The van der Waals surface area contributed by atoms with Crippen molar-refractivity contribution in [1.82, 2.24) is 24.0 Å². The molecule has 2 aromatic rings. The van der Waals surface area contributed by atoms with Crippen LogP contribution in [-0.2, 0) is 25.4 Å². The van der Waals surface area contributed by atoms with E-state index in [2.05, 4.69) is 17.2 Å². The highest BCUT2D eigenvalue weighted by Gasteiger charge is 2.14. The number of carbonyl (C=O) groups is 1. The topological polar surface area (TPSA) is 90.9 Å². The van der Waals surface area contributed by atoms with Gasteiger partial charge >= 0.3 is 5.69 Å². The van der Waals surface area contributed by atoms with E-state index in [1.165, 1.54) is 24.5 Å². The van der Waals surface area contributed by atoms with E-state index in [4.69, 9.17) is 0 Å². The van der Waals surface area contributed by atoms with Crippen molar-refractivity contribution in [2.45, 2.75) is 65.0 Å². The van der Waals surface area contributed by atoms with E-state index < -0.39 is 5.69 Å². The minimum atomic E-state index is -0.399. The van der Waals surface area contributed by atoms with Crippen LogP contribution in [0.25, 0.3) is 11.2 Å². The lowest BCUT2D eigenvalue weighted by atomic mass is 10.1. The van der Waals surface area contributed by atoms with Crippen LogP contribution in [0.2, 0.25) is 0 Å². The van der Waals surface area contributed by atoms with Gasteiger partial charge < -0.3 is 9.88 Å². The average Bonchev–Trinajstić information content (AvgIpc) is 3.02. The molecule has 8 nitrogen and oxygen atoms in total. The Labute approximate surface area is 152 Å². The minimum Gasteiger partial charge on any atom is -0.354 e. The predicted molar refractivity (Wildman–Crippen MR) is 101 cm³/mol. The molecule has 1 amide bonds. The number of nitrogens with zero attached hydrogens (tertiary/aromatic N) is 4. The van der Waals surface area contributed by atoms with E-state index in [0.29, 0.717) is 30.6 Å². The average molecular weight is 363 g/mol. The summed E-state index contributed by atoms with van der Waals surface area (Å²) in [4.78, 5) is 40.5. The second-order valence-electron chi connectivity index (χ2n) is 6.88. The molecule has 0 aliphatic heterocycles. The predicted octanol–water partition coefficient (Wildman–Crippen LogP) is 1.30. The second kappa shape index (κ2) is 8.82. The van der Waals surface area contributed by atoms with E-state index in [1.54, 1.807) is 17.9 Å². The Morgan fingerprint density at radius 3 is 2.62 bits per heavy atom. The fourth-order valence-corrected chi connectivity index (χ4v) is 3.10. The van der Waals surface area contributed by atoms with Crippen molar-refractivity contribution in [2.75, 3.05) is 0 Å². The molecule has 0 radical (unpaired) electrons. The number of fused-ring (bicyclic) bond motifs is 1. The summed E-state index contributed by atoms with van der Waals surface area (Å²) in [7, 11) is 3.05. The van der Waals surface area contributed by atoms with Crippen molar-refractivity contribution in [2.24, 2.45) is 14.1 Å². The van der Waals surface area contributed by atoms with Gasteiger partial charge in [-0.15, -0.1) is 0 Å². The van der Waals surface area contributed by atoms with Gasteiger partial charge in [0.25, 0.3) is 5.56 Å². The molecule has 0 bridgehead atoms. The quantitative estimate of drug-likeness (QED) is 0.680. The highest BCUT2D eigenvalue weighted by Crippen LogP contribution is 2.08. The molecule has 0 aliphatic carbocycles. The molecule has 144 valence electrons. The molecule has 0 saturated carbocycles. The first kappa shape index (κ1) is 19.9. The van der Waals surface area contributed by atoms with Gasteiger partial charge in [0.1, 0.15) is 0 Å². The maximum atomic E-state index is 12.4. The smallest absolute Gasteiger partial charge is 0.332 e. The Balaban J connectivity index is 1.95. The van der Waals surface area contributed by atoms with E-state index in [0.717, 1.165) is 17.4 Å². The summed E-state index contributed by atoms with van der Waals surface area (Å²) < 4.78 is 4.15. The largest absolute Gasteiger partial charge is 0.354 e. The molecule has 0 aromatic carbocycles. The Kier molecular flexibility index (Phi) is 6.76. The first-order chi connectivity index (χ1) is 12.4. The third kappa shape index (κ3) is 4.42. The van der Waals surface area contributed by atoms with Crippen molar-refractivity contribution in [3.63, 3.8) is 0 Å². The Hall–Kier alpha value is -2.38. The molecule has 1 atom stereocenters. The molecule has 2 heterocycles. The number of unbranched alkanes of at least 4 members (excludes halogenated alkanes) is 2. The van der Waals surface area contributed by atoms with Gasteiger partial charge in [-0.1, -0.05) is 26.2 Å². The first-order valence-electron chi connectivity index (χ1n) is 9.27. The summed E-state index contributed by atoms with van der Waals surface area (Å²) in [6.07, 6.45) is 7.03. The number of nitrogens with one attached hydrogen (secondary N) is 1. The molecule has 0 saturated heterocycles. The summed E-state index contributed by atoms with van der Waals surface area (Å²) in [5.41, 5.74) is -0.00572. The zero-order chi connectivity index (χ0) is 19.3. The van der Waals surface area contributed by atoms with Crippen LogP contribution in [0.4, 0.5) is 0 Å². The standard InChI is InChI=1S/C18H29N5O3/c1-5-6-7-9-13(2)20-14(24)10-8-11-23-12-19-16-15(23)17(25)22(4)18(26)21(16)3/h12-13H,5-11H2,1-4H3,(H,20,24). The molecule has 0 aliphatic rings. The first-order valence-corrected chi connectivity index (χ1v) is 9.27. The summed E-state index contributed by atoms with van der Waals surface area (Å²) in [6, 6.07) is 0.185. The Morgan fingerprint density at radius 2 is 1.92 bits per heavy atom. The highest BCUT2D eigenvalue weighted by atomic mass is 16.2. The molecule has 2 aromatic heterocycles. The third-order valence-corrected chi connectivity index (χ3v) is 4.67. The zero-order valence-corrected chi connectivity index (χ0v) is 16.1. The van der Waals surface area contributed by atoms with Gasteiger partial charge in [-0.05, 0) is 19.8 Å². The van der Waals surface area contributed by atoms with Crippen LogP contribution >= 0.6 is 0 Å². The van der Waals surface area contributed by atoms with Crippen LogP contribution in [0.5, 0.6) is 0 Å². The molecule has 1 N–H and O–H groups in total. The van der Waals surface area contributed by atoms with Crippen molar-refractivity contribution < 1.29 is 4.79 Å². The number of aromatic nitrogens is 4. The van der Waals surface area contributed by atoms with Crippen LogP contribution in [0.1, 0.15) is 52.4 Å². The fraction of sp³-hybridized carbons (Fsp3) is 0.667. The molecular weight excluding hydrogens is 334 g/mol. The van der Waals surface area contributed by atoms with Crippen molar-refractivity contribution >= 4 is 17.1 Å². The van der Waals surface area contributed by atoms with Crippen molar-refractivity contribution in [1.29, 1.82) is 0 Å². The van der Waals surface area contributed by atoms with Crippen molar-refractivity contribution in [3.8, 4) is 0 Å². The third-order valence-electron chi connectivity index (χ3n) is 4.67. The maximum absolute atomic E-state index is 12.4. The van der Waals surface area contributed by atoms with Crippen LogP contribution in [0, 0.1) is 0 Å². The number of rotatable bonds is 9. The molecule has 26 heavy (non-hydrogen) atoms. The maximum Gasteiger partial charge on any atom is 0.332 e. The lowest BCUT2D eigenvalue weighted by Crippen LogP contribution is -2.37. The molecule has 0 spiro atoms. The van der Waals surface area contributed by atoms with E-state index >= 15 is 0 Å². The number of imidazole rings is 1. The molecule has 8 heteroatoms. The van der Waals surface area contributed by atoms with Crippen LogP contribution < -0.4 is 16.6 Å². The van der Waals surface area contributed by atoms with Crippen molar-refractivity contribution in [3.05, 3.63) is 27.2 Å². The van der Waals surface area contributed by atoms with Crippen LogP contribution in [-0.4, -0.2) is 30.6 Å². The zero-order valence-electron chi connectivity index (χ0n) is 16.1. The number of amides is 1. The van der Waals surface area contributed by atoms with Crippen LogP contribution in [0.15, 0.2) is 15.9 Å². The van der Waals surface area contributed by atoms with Gasteiger partial charge in [0.2, 0.25) is 5.91 Å². The van der Waals surface area contributed by atoms with Gasteiger partial charge in [-0.2, -0.15) is 0 Å². The fourth-order valence-electron chi connectivity index (χ4n) is 3.10. The van der Waals surface area contributed by atoms with Gasteiger partial charge in [-0.3, -0.25) is 18.7 Å². The van der Waals surface area contributed by atoms with Gasteiger partial charge in [0.15, 0.2) is 11.2 Å². The van der Waals surface area contributed by atoms with Gasteiger partial charge in [0, 0.05) is 33.1 Å². The van der Waals surface area contributed by atoms with E-state index in [-0.39, 0.29) is 17.5 Å². The molecule has 2 rings (SSSR count). The molecular formula is C18H29N5O3. The second-order valence-corrected chi connectivity index (χ2v) is 6.88. The van der Waals surface area contributed by atoms with Gasteiger partial charge in [-0.25, -0.2) is 9.78 Å². The van der Waals surface area contributed by atoms with Gasteiger partial charge in [0.05, 0.1) is 6.33 Å². The minimum absolute atomic E-state index is 0.0266. The SMILES string of the molecule is CCCCCC(C)NC(=O)CCCn1cnc2c1c(=O)n(C)c(=O)n2C. The number of carbonyl (C=O) groups excluding carboxylic acids is 1. The lowest BCUT2D eigenvalue weighted by Gasteiger charge is -2.13. The summed E-state index contributed by atoms with van der Waals surface area (Å²) in [6.45, 7) is 4.69. The normalized spacial score (nSPS) is 12.5. The summed E-state index contributed by atoms with van der Waals surface area (Å²) in [5.74, 6) is 0.0266.